The average molecular weight is 232 g/mol. The molecule has 7 heteroatoms. The fraction of sp³-hybridized carbons (Fsp3) is 0.375. The summed E-state index contributed by atoms with van der Waals surface area (Å²) in [6.45, 7) is 0.663. The van der Waals surface area contributed by atoms with E-state index >= 15 is 0 Å². The van der Waals surface area contributed by atoms with Crippen molar-refractivity contribution in [1.29, 1.82) is 0 Å². The molecule has 1 aromatic rings. The fourth-order valence-corrected chi connectivity index (χ4v) is 1.89. The minimum atomic E-state index is -3.70. The Kier molecular flexibility index (Phi) is 3.87. The smallest absolute Gasteiger partial charge is 0.320 e. The van der Waals surface area contributed by atoms with Gasteiger partial charge in [-0.2, -0.15) is 0 Å². The first-order valence-electron chi connectivity index (χ1n) is 4.29. The number of nitrogens with zero attached hydrogens (tertiary/aromatic N) is 1. The lowest BCUT2D eigenvalue weighted by Crippen LogP contribution is -2.32. The Morgan fingerprint density at radius 2 is 1.93 bits per heavy atom. The predicted octanol–water partition coefficient (Wildman–Crippen LogP) is -0.508. The summed E-state index contributed by atoms with van der Waals surface area (Å²) < 4.78 is 26.1. The molecule has 0 aliphatic carbocycles. The quantitative estimate of drug-likeness (QED) is 0.691. The van der Waals surface area contributed by atoms with Crippen LogP contribution in [0, 0.1) is 0 Å². The highest BCUT2D eigenvalue weighted by Gasteiger charge is 2.14. The number of carbonyl (C=O) groups is 1. The van der Waals surface area contributed by atoms with E-state index in [-0.39, 0.29) is 6.54 Å². The van der Waals surface area contributed by atoms with Gasteiger partial charge in [-0.15, -0.1) is 0 Å². The summed E-state index contributed by atoms with van der Waals surface area (Å²) in [7, 11) is -3.70. The van der Waals surface area contributed by atoms with Gasteiger partial charge in [0.25, 0.3) is 0 Å². The first kappa shape index (κ1) is 11.7. The molecule has 0 unspecified atom stereocenters. The number of sulfonamides is 1. The Morgan fingerprint density at radius 1 is 1.33 bits per heavy atom. The average Bonchev–Trinajstić information content (AvgIpc) is 2.53. The summed E-state index contributed by atoms with van der Waals surface area (Å²) in [6.07, 6.45) is 3.59. The van der Waals surface area contributed by atoms with Gasteiger partial charge in [0.2, 0.25) is 10.0 Å². The van der Waals surface area contributed by atoms with E-state index in [1.165, 1.54) is 0 Å². The molecule has 0 spiro atoms. The Balaban J connectivity index is 2.34. The van der Waals surface area contributed by atoms with Crippen LogP contribution in [-0.4, -0.2) is 36.4 Å². The normalized spacial score (nSPS) is 11.5. The number of aromatic nitrogens is 1. The molecular formula is C8H12N2O4S. The number of rotatable bonds is 6. The Labute approximate surface area is 87.6 Å². The summed E-state index contributed by atoms with van der Waals surface area (Å²) in [5.74, 6) is -2.25. The van der Waals surface area contributed by atoms with Crippen LogP contribution in [0.4, 0.5) is 0 Å². The van der Waals surface area contributed by atoms with Crippen molar-refractivity contribution in [3.05, 3.63) is 24.5 Å². The van der Waals surface area contributed by atoms with Crippen LogP contribution in [0.2, 0.25) is 0 Å². The van der Waals surface area contributed by atoms with Crippen LogP contribution >= 0.6 is 0 Å². The van der Waals surface area contributed by atoms with Gasteiger partial charge in [-0.1, -0.05) is 0 Å². The van der Waals surface area contributed by atoms with E-state index in [0.717, 1.165) is 0 Å². The summed E-state index contributed by atoms with van der Waals surface area (Å²) in [5, 5.41) is 8.31. The lowest BCUT2D eigenvalue weighted by atomic mass is 10.6. The molecular weight excluding hydrogens is 220 g/mol. The Bertz CT molecular complexity index is 410. The molecule has 1 aromatic heterocycles. The number of carboxylic acids is 1. The van der Waals surface area contributed by atoms with Gasteiger partial charge >= 0.3 is 5.97 Å². The second-order valence-electron chi connectivity index (χ2n) is 2.97. The van der Waals surface area contributed by atoms with Crippen LogP contribution in [0.3, 0.4) is 0 Å². The molecule has 15 heavy (non-hydrogen) atoms. The van der Waals surface area contributed by atoms with E-state index in [2.05, 4.69) is 4.72 Å². The van der Waals surface area contributed by atoms with E-state index < -0.39 is 21.7 Å². The van der Waals surface area contributed by atoms with Crippen LogP contribution in [0.15, 0.2) is 24.5 Å². The summed E-state index contributed by atoms with van der Waals surface area (Å²) in [4.78, 5) is 10.2. The van der Waals surface area contributed by atoms with Gasteiger partial charge in [0.1, 0.15) is 0 Å². The van der Waals surface area contributed by atoms with Gasteiger partial charge in [0, 0.05) is 25.5 Å². The zero-order chi connectivity index (χ0) is 11.3. The van der Waals surface area contributed by atoms with Crippen molar-refractivity contribution in [2.75, 3.05) is 12.3 Å². The first-order valence-corrected chi connectivity index (χ1v) is 5.95. The molecule has 0 aliphatic heterocycles. The van der Waals surface area contributed by atoms with Gasteiger partial charge in [0.15, 0.2) is 5.75 Å². The monoisotopic (exact) mass is 232 g/mol. The number of hydrogen-bond acceptors (Lipinski definition) is 3. The predicted molar refractivity (Wildman–Crippen MR) is 53.9 cm³/mol. The van der Waals surface area contributed by atoms with Gasteiger partial charge in [0.05, 0.1) is 0 Å². The number of nitrogens with one attached hydrogen (secondary N) is 1. The van der Waals surface area contributed by atoms with E-state index in [1.54, 1.807) is 17.0 Å². The topological polar surface area (TPSA) is 88.4 Å². The molecule has 0 aromatic carbocycles. The molecule has 0 radical (unpaired) electrons. The van der Waals surface area contributed by atoms with Crippen LogP contribution in [0.5, 0.6) is 0 Å². The van der Waals surface area contributed by atoms with Gasteiger partial charge < -0.3 is 9.67 Å². The largest absolute Gasteiger partial charge is 0.480 e. The molecule has 0 bridgehead atoms. The zero-order valence-corrected chi connectivity index (χ0v) is 8.77. The number of hydrogen-bond donors (Lipinski definition) is 2. The van der Waals surface area contributed by atoms with Crippen molar-refractivity contribution < 1.29 is 18.3 Å². The van der Waals surface area contributed by atoms with Gasteiger partial charge in [-0.25, -0.2) is 13.1 Å². The lowest BCUT2D eigenvalue weighted by molar-refractivity contribution is -0.134. The molecule has 0 fully saturated rings. The summed E-state index contributed by atoms with van der Waals surface area (Å²) in [6, 6.07) is 3.65. The second kappa shape index (κ2) is 4.94. The molecule has 0 saturated carbocycles. The summed E-state index contributed by atoms with van der Waals surface area (Å²) >= 11 is 0. The Hall–Kier alpha value is -1.34. The minimum Gasteiger partial charge on any atom is -0.480 e. The van der Waals surface area contributed by atoms with Crippen LogP contribution in [0.25, 0.3) is 0 Å². The molecule has 1 rings (SSSR count). The van der Waals surface area contributed by atoms with E-state index in [9.17, 15) is 13.2 Å². The first-order chi connectivity index (χ1) is 6.99. The van der Waals surface area contributed by atoms with Crippen molar-refractivity contribution in [2.45, 2.75) is 6.54 Å². The van der Waals surface area contributed by atoms with Crippen molar-refractivity contribution in [3.63, 3.8) is 0 Å². The van der Waals surface area contributed by atoms with E-state index in [0.29, 0.717) is 6.54 Å². The maximum Gasteiger partial charge on any atom is 0.320 e. The Morgan fingerprint density at radius 3 is 2.47 bits per heavy atom. The third-order valence-electron chi connectivity index (χ3n) is 1.67. The number of aliphatic carboxylic acids is 1. The van der Waals surface area contributed by atoms with Crippen LogP contribution < -0.4 is 4.72 Å². The molecule has 0 amide bonds. The standard InChI is InChI=1S/C8H12N2O4S/c11-8(12)7-15(13,14)9-3-6-10-4-1-2-5-10/h1-2,4-5,9H,3,6-7H2,(H,11,12). The van der Waals surface area contributed by atoms with Crippen molar-refractivity contribution in [3.8, 4) is 0 Å². The van der Waals surface area contributed by atoms with E-state index in [1.807, 2.05) is 12.1 Å². The number of carboxylic acid groups (broad SMARTS) is 1. The molecule has 0 aliphatic rings. The van der Waals surface area contributed by atoms with Crippen LogP contribution in [-0.2, 0) is 21.4 Å². The van der Waals surface area contributed by atoms with Crippen molar-refractivity contribution >= 4 is 16.0 Å². The zero-order valence-electron chi connectivity index (χ0n) is 7.96. The molecule has 1 heterocycles. The minimum absolute atomic E-state index is 0.185. The molecule has 0 atom stereocenters. The fourth-order valence-electron chi connectivity index (χ4n) is 1.06. The van der Waals surface area contributed by atoms with Gasteiger partial charge in [-0.05, 0) is 12.1 Å². The van der Waals surface area contributed by atoms with Crippen molar-refractivity contribution in [2.24, 2.45) is 0 Å². The third-order valence-corrected chi connectivity index (χ3v) is 2.94. The molecule has 2 N–H and O–H groups in total. The molecule has 6 nitrogen and oxygen atoms in total. The summed E-state index contributed by atoms with van der Waals surface area (Å²) in [5.41, 5.74) is 0. The molecule has 0 saturated heterocycles. The second-order valence-corrected chi connectivity index (χ2v) is 4.77. The lowest BCUT2D eigenvalue weighted by Gasteiger charge is -2.05. The van der Waals surface area contributed by atoms with E-state index in [4.69, 9.17) is 5.11 Å². The highest BCUT2D eigenvalue weighted by Crippen LogP contribution is 1.89. The molecule has 84 valence electrons. The highest BCUT2D eigenvalue weighted by atomic mass is 32.2. The maximum absolute atomic E-state index is 11.1. The highest BCUT2D eigenvalue weighted by molar-refractivity contribution is 7.90. The van der Waals surface area contributed by atoms with Gasteiger partial charge in [-0.3, -0.25) is 4.79 Å². The van der Waals surface area contributed by atoms with Crippen LogP contribution in [0.1, 0.15) is 0 Å². The SMILES string of the molecule is O=C(O)CS(=O)(=O)NCCn1cccc1. The maximum atomic E-state index is 11.1. The van der Waals surface area contributed by atoms with Crippen molar-refractivity contribution in [1.82, 2.24) is 9.29 Å². The third kappa shape index (κ3) is 4.61.